The van der Waals surface area contributed by atoms with Crippen molar-refractivity contribution in [2.75, 3.05) is 19.7 Å². The van der Waals surface area contributed by atoms with Gasteiger partial charge < -0.3 is 10.0 Å². The Kier molecular flexibility index (Phi) is 4.62. The van der Waals surface area contributed by atoms with Gasteiger partial charge in [0, 0.05) is 18.7 Å². The molecule has 102 valence electrons. The number of rotatable bonds is 2. The minimum atomic E-state index is -0.178. The zero-order chi connectivity index (χ0) is 13.8. The number of aliphatic hydroxyl groups excluding tert-OH is 1. The third-order valence-corrected chi connectivity index (χ3v) is 4.52. The maximum Gasteiger partial charge on any atom is 0.265 e. The van der Waals surface area contributed by atoms with E-state index in [-0.39, 0.29) is 12.5 Å². The fraction of sp³-hybridized carbons (Fsp3) is 0.533. The molecule has 1 aromatic rings. The highest BCUT2D eigenvalue weighted by molar-refractivity contribution is 7.12. The van der Waals surface area contributed by atoms with Crippen molar-refractivity contribution in [3.8, 4) is 11.8 Å². The van der Waals surface area contributed by atoms with Gasteiger partial charge in [0.05, 0.1) is 0 Å². The molecular formula is C15H19NO2S. The summed E-state index contributed by atoms with van der Waals surface area (Å²) in [5.41, 5.74) is 0.733. The smallest absolute Gasteiger partial charge is 0.265 e. The Morgan fingerprint density at radius 1 is 1.63 bits per heavy atom. The van der Waals surface area contributed by atoms with Crippen molar-refractivity contribution < 1.29 is 9.90 Å². The minimum Gasteiger partial charge on any atom is -0.384 e. The number of carbonyl (C=O) groups is 1. The zero-order valence-corrected chi connectivity index (χ0v) is 12.2. The molecule has 1 amide bonds. The van der Waals surface area contributed by atoms with Gasteiger partial charge in [-0.25, -0.2) is 0 Å². The molecule has 1 aromatic heterocycles. The van der Waals surface area contributed by atoms with E-state index in [0.717, 1.165) is 25.1 Å². The van der Waals surface area contributed by atoms with Gasteiger partial charge in [0.25, 0.3) is 5.91 Å². The molecule has 1 fully saturated rings. The van der Waals surface area contributed by atoms with E-state index in [1.54, 1.807) is 0 Å². The van der Waals surface area contributed by atoms with Crippen molar-refractivity contribution in [3.63, 3.8) is 0 Å². The zero-order valence-electron chi connectivity index (χ0n) is 11.3. The minimum absolute atomic E-state index is 0.0837. The van der Waals surface area contributed by atoms with E-state index < -0.39 is 0 Å². The quantitative estimate of drug-likeness (QED) is 0.842. The van der Waals surface area contributed by atoms with Crippen LogP contribution in [0.15, 0.2) is 11.4 Å². The first kappa shape index (κ1) is 14.1. The number of hydrogen-bond acceptors (Lipinski definition) is 3. The molecule has 1 unspecified atom stereocenters. The predicted molar refractivity (Wildman–Crippen MR) is 77.1 cm³/mol. The van der Waals surface area contributed by atoms with Crippen LogP contribution in [0.3, 0.4) is 0 Å². The number of thiophene rings is 1. The van der Waals surface area contributed by atoms with Gasteiger partial charge in [-0.1, -0.05) is 25.7 Å². The molecule has 0 aromatic carbocycles. The summed E-state index contributed by atoms with van der Waals surface area (Å²) in [4.78, 5) is 15.1. The van der Waals surface area contributed by atoms with Gasteiger partial charge in [-0.3, -0.25) is 4.79 Å². The first-order valence-electron chi connectivity index (χ1n) is 6.60. The van der Waals surface area contributed by atoms with Crippen LogP contribution in [-0.2, 0) is 0 Å². The van der Waals surface area contributed by atoms with Crippen LogP contribution in [0.2, 0.25) is 0 Å². The summed E-state index contributed by atoms with van der Waals surface area (Å²) in [5.74, 6) is 6.76. The molecule has 19 heavy (non-hydrogen) atoms. The Hall–Kier alpha value is -1.31. The third-order valence-electron chi connectivity index (χ3n) is 3.62. The molecular weight excluding hydrogens is 258 g/mol. The molecule has 1 atom stereocenters. The lowest BCUT2D eigenvalue weighted by atomic mass is 9.95. The second-order valence-electron chi connectivity index (χ2n) is 5.17. The van der Waals surface area contributed by atoms with Crippen LogP contribution in [-0.4, -0.2) is 35.6 Å². The SMILES string of the molecule is CC(C)C1CCN(C(=O)c2sccc2C#CCO)C1. The molecule has 1 aliphatic rings. The highest BCUT2D eigenvalue weighted by Crippen LogP contribution is 2.27. The summed E-state index contributed by atoms with van der Waals surface area (Å²) in [6.07, 6.45) is 1.09. The van der Waals surface area contributed by atoms with Crippen molar-refractivity contribution in [1.29, 1.82) is 0 Å². The summed E-state index contributed by atoms with van der Waals surface area (Å²) in [7, 11) is 0. The van der Waals surface area contributed by atoms with Crippen LogP contribution < -0.4 is 0 Å². The van der Waals surface area contributed by atoms with E-state index in [1.807, 2.05) is 16.3 Å². The molecule has 1 saturated heterocycles. The summed E-state index contributed by atoms with van der Waals surface area (Å²) < 4.78 is 0. The fourth-order valence-corrected chi connectivity index (χ4v) is 3.18. The maximum absolute atomic E-state index is 12.5. The van der Waals surface area contributed by atoms with Crippen LogP contribution in [0.5, 0.6) is 0 Å². The highest BCUT2D eigenvalue weighted by Gasteiger charge is 2.29. The Balaban J connectivity index is 2.11. The van der Waals surface area contributed by atoms with Crippen LogP contribution in [0.1, 0.15) is 35.5 Å². The van der Waals surface area contributed by atoms with E-state index in [9.17, 15) is 4.79 Å². The molecule has 0 aliphatic carbocycles. The van der Waals surface area contributed by atoms with Crippen molar-refractivity contribution in [3.05, 3.63) is 21.9 Å². The molecule has 3 nitrogen and oxygen atoms in total. The number of carbonyl (C=O) groups excluding carboxylic acids is 1. The van der Waals surface area contributed by atoms with Gasteiger partial charge in [-0.05, 0) is 29.7 Å². The second-order valence-corrected chi connectivity index (χ2v) is 6.08. The standard InChI is InChI=1S/C15H19NO2S/c1-11(2)13-5-7-16(10-13)15(18)14-12(4-3-8-17)6-9-19-14/h6,9,11,13,17H,5,7-8,10H2,1-2H3. The van der Waals surface area contributed by atoms with Crippen molar-refractivity contribution >= 4 is 17.2 Å². The molecule has 1 N–H and O–H groups in total. The molecule has 0 spiro atoms. The first-order valence-corrected chi connectivity index (χ1v) is 7.48. The maximum atomic E-state index is 12.5. The van der Waals surface area contributed by atoms with Gasteiger partial charge in [0.15, 0.2) is 0 Å². The summed E-state index contributed by atoms with van der Waals surface area (Å²) in [6, 6.07) is 1.84. The summed E-state index contributed by atoms with van der Waals surface area (Å²) in [6.45, 7) is 5.93. The average Bonchev–Trinajstić information content (AvgIpc) is 3.04. The number of likely N-dealkylation sites (tertiary alicyclic amines) is 1. The predicted octanol–water partition coefficient (Wildman–Crippen LogP) is 2.21. The average molecular weight is 277 g/mol. The lowest BCUT2D eigenvalue weighted by Gasteiger charge is -2.17. The van der Waals surface area contributed by atoms with Gasteiger partial charge in [-0.2, -0.15) is 0 Å². The second kappa shape index (κ2) is 6.23. The van der Waals surface area contributed by atoms with Crippen LogP contribution in [0.25, 0.3) is 0 Å². The number of nitrogens with zero attached hydrogens (tertiary/aromatic N) is 1. The van der Waals surface area contributed by atoms with Gasteiger partial charge in [0.1, 0.15) is 11.5 Å². The van der Waals surface area contributed by atoms with Crippen molar-refractivity contribution in [2.45, 2.75) is 20.3 Å². The highest BCUT2D eigenvalue weighted by atomic mass is 32.1. The molecule has 0 radical (unpaired) electrons. The van der Waals surface area contributed by atoms with Gasteiger partial charge >= 0.3 is 0 Å². The lowest BCUT2D eigenvalue weighted by Crippen LogP contribution is -2.29. The fourth-order valence-electron chi connectivity index (χ4n) is 2.37. The number of aliphatic hydroxyl groups is 1. The summed E-state index contributed by atoms with van der Waals surface area (Å²) in [5, 5.41) is 10.6. The Morgan fingerprint density at radius 3 is 3.05 bits per heavy atom. The lowest BCUT2D eigenvalue weighted by molar-refractivity contribution is 0.0788. The van der Waals surface area contributed by atoms with Gasteiger partial charge in [-0.15, -0.1) is 11.3 Å². The van der Waals surface area contributed by atoms with Crippen molar-refractivity contribution in [2.24, 2.45) is 11.8 Å². The molecule has 0 bridgehead atoms. The number of hydrogen-bond donors (Lipinski definition) is 1. The first-order chi connectivity index (χ1) is 9.13. The third kappa shape index (κ3) is 3.17. The van der Waals surface area contributed by atoms with Crippen LogP contribution in [0.4, 0.5) is 0 Å². The molecule has 1 aliphatic heterocycles. The number of amides is 1. The van der Waals surface area contributed by atoms with Crippen LogP contribution >= 0.6 is 11.3 Å². The monoisotopic (exact) mass is 277 g/mol. The van der Waals surface area contributed by atoms with E-state index in [0.29, 0.717) is 16.7 Å². The van der Waals surface area contributed by atoms with E-state index in [1.165, 1.54) is 11.3 Å². The molecule has 2 rings (SSSR count). The van der Waals surface area contributed by atoms with Crippen LogP contribution in [0, 0.1) is 23.7 Å². The molecule has 0 saturated carbocycles. The molecule has 4 heteroatoms. The van der Waals surface area contributed by atoms with E-state index in [4.69, 9.17) is 5.11 Å². The largest absolute Gasteiger partial charge is 0.384 e. The Bertz CT molecular complexity index is 510. The normalized spacial score (nSPS) is 18.5. The van der Waals surface area contributed by atoms with E-state index >= 15 is 0 Å². The Labute approximate surface area is 118 Å². The van der Waals surface area contributed by atoms with E-state index in [2.05, 4.69) is 25.7 Å². The van der Waals surface area contributed by atoms with Crippen molar-refractivity contribution in [1.82, 2.24) is 4.90 Å². The molecule has 2 heterocycles. The van der Waals surface area contributed by atoms with Gasteiger partial charge in [0.2, 0.25) is 0 Å². The summed E-state index contributed by atoms with van der Waals surface area (Å²) >= 11 is 1.43. The Morgan fingerprint density at radius 2 is 2.42 bits per heavy atom. The topological polar surface area (TPSA) is 40.5 Å².